The molecule has 1 atom stereocenters. The number of anilines is 1. The van der Waals surface area contributed by atoms with Gasteiger partial charge in [0.1, 0.15) is 11.3 Å². The largest absolute Gasteiger partial charge is 0.497 e. The molecule has 0 unspecified atom stereocenters. The number of pyridine rings is 1. The topological polar surface area (TPSA) is 150 Å². The number of H-pyrrole nitrogens is 1. The standard InChI is InChI=1S/C43H48N6O6/c1-5-7-21-47(22-8-6-2)43(54)38-23-28(3)49(46-38)39-20-15-32(25-36(39)42(53)48-26-31-12-10-9-11-30(31)24-33(48)27-50)44-40(51)35-18-19-37(45-41(35)52)29-13-16-34(55-4)17-14-29/h9-20,23,25,33,50H,5-8,21-22,24,26-27H2,1-4H3,(H,44,51)(H,45,52)/t33-/m0/s1. The summed E-state index contributed by atoms with van der Waals surface area (Å²) in [4.78, 5) is 61.4. The number of methoxy groups -OCH3 is 1. The number of hydrogen-bond donors (Lipinski definition) is 3. The number of aliphatic hydroxyl groups excluding tert-OH is 1. The highest BCUT2D eigenvalue weighted by molar-refractivity contribution is 6.06. The highest BCUT2D eigenvalue weighted by Crippen LogP contribution is 2.29. The van der Waals surface area contributed by atoms with Gasteiger partial charge in [-0.25, -0.2) is 4.68 Å². The number of aliphatic hydroxyl groups is 1. The van der Waals surface area contributed by atoms with Gasteiger partial charge in [0.15, 0.2) is 5.69 Å². The van der Waals surface area contributed by atoms with Crippen LogP contribution in [0.2, 0.25) is 0 Å². The van der Waals surface area contributed by atoms with Gasteiger partial charge in [0.25, 0.3) is 23.3 Å². The van der Waals surface area contributed by atoms with E-state index in [1.807, 2.05) is 36.1 Å². The van der Waals surface area contributed by atoms with E-state index in [0.717, 1.165) is 42.4 Å². The molecule has 0 saturated carbocycles. The lowest BCUT2D eigenvalue weighted by Gasteiger charge is -2.36. The summed E-state index contributed by atoms with van der Waals surface area (Å²) in [5.74, 6) is -0.527. The van der Waals surface area contributed by atoms with Crippen molar-refractivity contribution in [3.8, 4) is 22.7 Å². The minimum absolute atomic E-state index is 0.107. The molecule has 0 spiro atoms. The van der Waals surface area contributed by atoms with Gasteiger partial charge in [0.05, 0.1) is 31.0 Å². The monoisotopic (exact) mass is 744 g/mol. The number of carbonyl (C=O) groups excluding carboxylic acids is 3. The number of aromatic nitrogens is 3. The predicted molar refractivity (Wildman–Crippen MR) is 212 cm³/mol. The Morgan fingerprint density at radius 1 is 0.927 bits per heavy atom. The summed E-state index contributed by atoms with van der Waals surface area (Å²) in [6.45, 7) is 7.30. The molecule has 12 nitrogen and oxygen atoms in total. The lowest BCUT2D eigenvalue weighted by molar-refractivity contribution is 0.0544. The first kappa shape index (κ1) is 38.7. The maximum Gasteiger partial charge on any atom is 0.274 e. The second-order valence-corrected chi connectivity index (χ2v) is 13.9. The molecule has 3 amide bonds. The van der Waals surface area contributed by atoms with Crippen molar-refractivity contribution in [1.29, 1.82) is 0 Å². The fourth-order valence-corrected chi connectivity index (χ4v) is 6.90. The number of unbranched alkanes of at least 4 members (excludes halogenated alkanes) is 2. The van der Waals surface area contributed by atoms with Crippen molar-refractivity contribution in [2.24, 2.45) is 0 Å². The first-order valence-electron chi connectivity index (χ1n) is 18.8. The number of rotatable bonds is 14. The summed E-state index contributed by atoms with van der Waals surface area (Å²) in [5.41, 5.74) is 4.46. The van der Waals surface area contributed by atoms with Gasteiger partial charge in [-0.1, -0.05) is 51.0 Å². The number of benzene rings is 3. The number of ether oxygens (including phenoxy) is 1. The summed E-state index contributed by atoms with van der Waals surface area (Å²) in [5, 5.41) is 18.0. The molecular formula is C43H48N6O6. The van der Waals surface area contributed by atoms with Crippen molar-refractivity contribution < 1.29 is 24.2 Å². The fraction of sp³-hybridized carbons (Fsp3) is 0.326. The Kier molecular flexibility index (Phi) is 12.3. The molecule has 55 heavy (non-hydrogen) atoms. The van der Waals surface area contributed by atoms with E-state index in [1.54, 1.807) is 71.3 Å². The van der Waals surface area contributed by atoms with Crippen LogP contribution in [0.1, 0.15) is 87.6 Å². The van der Waals surface area contributed by atoms with E-state index in [1.165, 1.54) is 6.07 Å². The lowest BCUT2D eigenvalue weighted by atomic mass is 9.93. The number of amides is 3. The molecule has 0 radical (unpaired) electrons. The van der Waals surface area contributed by atoms with Gasteiger partial charge in [-0.15, -0.1) is 0 Å². The molecule has 3 aromatic carbocycles. The van der Waals surface area contributed by atoms with E-state index < -0.39 is 17.5 Å². The summed E-state index contributed by atoms with van der Waals surface area (Å²) >= 11 is 0. The van der Waals surface area contributed by atoms with Gasteiger partial charge < -0.3 is 29.9 Å². The Labute approximate surface area is 320 Å². The first-order valence-corrected chi connectivity index (χ1v) is 18.8. The third-order valence-electron chi connectivity index (χ3n) is 10.1. The molecule has 286 valence electrons. The number of carbonyl (C=O) groups is 3. The highest BCUT2D eigenvalue weighted by atomic mass is 16.5. The summed E-state index contributed by atoms with van der Waals surface area (Å²) in [6.07, 6.45) is 4.15. The SMILES string of the molecule is CCCCN(CCCC)C(=O)c1cc(C)n(-c2ccc(NC(=O)c3ccc(-c4ccc(OC)cc4)[nH]c3=O)cc2C(=O)N2Cc3ccccc3C[C@H]2CO)n1. The van der Waals surface area contributed by atoms with Crippen molar-refractivity contribution in [2.45, 2.75) is 65.5 Å². The summed E-state index contributed by atoms with van der Waals surface area (Å²) in [7, 11) is 1.57. The van der Waals surface area contributed by atoms with Crippen LogP contribution in [0.15, 0.2) is 89.7 Å². The van der Waals surface area contributed by atoms with Crippen LogP contribution < -0.4 is 15.6 Å². The van der Waals surface area contributed by atoms with E-state index in [0.29, 0.717) is 42.3 Å². The van der Waals surface area contributed by atoms with E-state index in [9.17, 15) is 24.3 Å². The van der Waals surface area contributed by atoms with Gasteiger partial charge in [-0.2, -0.15) is 5.10 Å². The Balaban J connectivity index is 1.35. The second-order valence-electron chi connectivity index (χ2n) is 13.9. The fourth-order valence-electron chi connectivity index (χ4n) is 6.90. The van der Waals surface area contributed by atoms with Crippen LogP contribution in [0, 0.1) is 6.92 Å². The average Bonchev–Trinajstić information content (AvgIpc) is 3.60. The molecule has 0 aliphatic carbocycles. The zero-order valence-corrected chi connectivity index (χ0v) is 31.8. The van der Waals surface area contributed by atoms with E-state index in [2.05, 4.69) is 24.1 Å². The lowest BCUT2D eigenvalue weighted by Crippen LogP contribution is -2.46. The third-order valence-corrected chi connectivity index (χ3v) is 10.1. The molecule has 0 fully saturated rings. The molecule has 12 heteroatoms. The van der Waals surface area contributed by atoms with Crippen LogP contribution in [0.5, 0.6) is 5.75 Å². The quantitative estimate of drug-likeness (QED) is 0.119. The van der Waals surface area contributed by atoms with Gasteiger partial charge in [0, 0.05) is 36.7 Å². The zero-order chi connectivity index (χ0) is 39.1. The normalized spacial score (nSPS) is 13.6. The second kappa shape index (κ2) is 17.4. The molecule has 2 aromatic heterocycles. The molecule has 1 aliphatic rings. The first-order chi connectivity index (χ1) is 26.6. The number of aromatic amines is 1. The van der Waals surface area contributed by atoms with E-state index in [-0.39, 0.29) is 47.5 Å². The smallest absolute Gasteiger partial charge is 0.274 e. The number of fused-ring (bicyclic) bond motifs is 1. The van der Waals surface area contributed by atoms with Crippen LogP contribution in [0.4, 0.5) is 5.69 Å². The summed E-state index contributed by atoms with van der Waals surface area (Å²) in [6, 6.07) is 24.2. The zero-order valence-electron chi connectivity index (χ0n) is 31.8. The average molecular weight is 745 g/mol. The predicted octanol–water partition coefficient (Wildman–Crippen LogP) is 6.40. The van der Waals surface area contributed by atoms with Crippen molar-refractivity contribution in [2.75, 3.05) is 32.1 Å². The Hall–Kier alpha value is -6.01. The van der Waals surface area contributed by atoms with Crippen LogP contribution in [-0.4, -0.2) is 80.2 Å². The molecular weight excluding hydrogens is 697 g/mol. The summed E-state index contributed by atoms with van der Waals surface area (Å²) < 4.78 is 6.80. The van der Waals surface area contributed by atoms with Crippen LogP contribution >= 0.6 is 0 Å². The number of aryl methyl sites for hydroxylation is 1. The van der Waals surface area contributed by atoms with Gasteiger partial charge in [-0.3, -0.25) is 19.2 Å². The van der Waals surface area contributed by atoms with Crippen molar-refractivity contribution in [1.82, 2.24) is 24.6 Å². The maximum absolute atomic E-state index is 14.7. The molecule has 0 saturated heterocycles. The van der Waals surface area contributed by atoms with Crippen LogP contribution in [-0.2, 0) is 13.0 Å². The maximum atomic E-state index is 14.7. The number of nitrogens with one attached hydrogen (secondary N) is 2. The van der Waals surface area contributed by atoms with Crippen molar-refractivity contribution >= 4 is 23.4 Å². The molecule has 5 aromatic rings. The number of nitrogens with zero attached hydrogens (tertiary/aromatic N) is 4. The minimum Gasteiger partial charge on any atom is -0.497 e. The third kappa shape index (κ3) is 8.54. The molecule has 0 bridgehead atoms. The van der Waals surface area contributed by atoms with Crippen molar-refractivity contribution in [3.05, 3.63) is 129 Å². The van der Waals surface area contributed by atoms with Crippen molar-refractivity contribution in [3.63, 3.8) is 0 Å². The Morgan fingerprint density at radius 3 is 2.29 bits per heavy atom. The molecule has 3 N–H and O–H groups in total. The molecule has 1 aliphatic heterocycles. The van der Waals surface area contributed by atoms with E-state index >= 15 is 0 Å². The highest BCUT2D eigenvalue weighted by Gasteiger charge is 2.32. The Morgan fingerprint density at radius 2 is 1.64 bits per heavy atom. The minimum atomic E-state index is -0.656. The van der Waals surface area contributed by atoms with Gasteiger partial charge in [-0.05, 0) is 104 Å². The molecule has 3 heterocycles. The van der Waals surface area contributed by atoms with Gasteiger partial charge in [0.2, 0.25) is 0 Å². The van der Waals surface area contributed by atoms with E-state index in [4.69, 9.17) is 9.84 Å². The van der Waals surface area contributed by atoms with Crippen LogP contribution in [0.3, 0.4) is 0 Å². The Bertz CT molecular complexity index is 2220. The van der Waals surface area contributed by atoms with Gasteiger partial charge >= 0.3 is 0 Å². The number of hydrogen-bond acceptors (Lipinski definition) is 7. The molecule has 6 rings (SSSR count). The van der Waals surface area contributed by atoms with Crippen LogP contribution in [0.25, 0.3) is 16.9 Å².